The first-order valence-electron chi connectivity index (χ1n) is 5.86. The molecule has 0 fully saturated rings. The Hall–Kier alpha value is -2.36. The van der Waals surface area contributed by atoms with E-state index in [4.69, 9.17) is 4.74 Å². The third-order valence-electron chi connectivity index (χ3n) is 2.74. The Morgan fingerprint density at radius 2 is 1.84 bits per heavy atom. The van der Waals surface area contributed by atoms with Crippen molar-refractivity contribution < 1.29 is 13.9 Å². The summed E-state index contributed by atoms with van der Waals surface area (Å²) in [5.74, 6) is 0.120. The van der Waals surface area contributed by atoms with Gasteiger partial charge in [0.15, 0.2) is 0 Å². The minimum atomic E-state index is -0.360. The maximum Gasteiger partial charge on any atom is 0.251 e. The van der Waals surface area contributed by atoms with E-state index in [0.29, 0.717) is 12.1 Å². The number of amides is 1. The lowest BCUT2D eigenvalue weighted by Gasteiger charge is -2.09. The fourth-order valence-corrected chi connectivity index (χ4v) is 1.73. The summed E-state index contributed by atoms with van der Waals surface area (Å²) in [6, 6.07) is 12.9. The first kappa shape index (κ1) is 13.1. The van der Waals surface area contributed by atoms with Crippen molar-refractivity contribution in [1.29, 1.82) is 0 Å². The molecule has 0 atom stereocenters. The third-order valence-corrected chi connectivity index (χ3v) is 2.74. The monoisotopic (exact) mass is 259 g/mol. The van der Waals surface area contributed by atoms with Gasteiger partial charge in [0.2, 0.25) is 0 Å². The highest BCUT2D eigenvalue weighted by Crippen LogP contribution is 2.16. The van der Waals surface area contributed by atoms with Crippen molar-refractivity contribution in [3.63, 3.8) is 0 Å². The van der Waals surface area contributed by atoms with Gasteiger partial charge in [0, 0.05) is 17.7 Å². The topological polar surface area (TPSA) is 38.3 Å². The van der Waals surface area contributed by atoms with Crippen LogP contribution < -0.4 is 10.1 Å². The number of methoxy groups -OCH3 is 1. The quantitative estimate of drug-likeness (QED) is 0.916. The molecule has 1 amide bonds. The maximum atomic E-state index is 12.8. The van der Waals surface area contributed by atoms with E-state index in [0.717, 1.165) is 11.3 Å². The largest absolute Gasteiger partial charge is 0.496 e. The number of hydrogen-bond acceptors (Lipinski definition) is 2. The number of nitrogens with one attached hydrogen (secondary N) is 1. The number of hydrogen-bond donors (Lipinski definition) is 1. The minimum absolute atomic E-state index is 0.245. The Morgan fingerprint density at radius 1 is 1.16 bits per heavy atom. The molecule has 0 radical (unpaired) electrons. The number of benzene rings is 2. The molecule has 0 aliphatic rings. The van der Waals surface area contributed by atoms with Crippen molar-refractivity contribution in [2.24, 2.45) is 0 Å². The molecule has 0 spiro atoms. The molecule has 2 rings (SSSR count). The van der Waals surface area contributed by atoms with Crippen molar-refractivity contribution in [3.05, 3.63) is 65.5 Å². The molecule has 0 aliphatic heterocycles. The molecule has 98 valence electrons. The van der Waals surface area contributed by atoms with Gasteiger partial charge in [-0.15, -0.1) is 0 Å². The van der Waals surface area contributed by atoms with Crippen LogP contribution in [0, 0.1) is 5.82 Å². The molecule has 0 saturated heterocycles. The predicted molar refractivity (Wildman–Crippen MR) is 70.6 cm³/mol. The van der Waals surface area contributed by atoms with Gasteiger partial charge in [-0.1, -0.05) is 18.2 Å². The van der Waals surface area contributed by atoms with E-state index in [1.54, 1.807) is 7.11 Å². The molecule has 4 heteroatoms. The van der Waals surface area contributed by atoms with Gasteiger partial charge in [-0.25, -0.2) is 4.39 Å². The Kier molecular flexibility index (Phi) is 4.13. The van der Waals surface area contributed by atoms with E-state index in [1.165, 1.54) is 24.3 Å². The highest BCUT2D eigenvalue weighted by Gasteiger charge is 2.07. The van der Waals surface area contributed by atoms with E-state index < -0.39 is 0 Å². The number of rotatable bonds is 4. The van der Waals surface area contributed by atoms with Gasteiger partial charge in [-0.05, 0) is 30.3 Å². The Morgan fingerprint density at radius 3 is 2.53 bits per heavy atom. The number of carbonyl (C=O) groups excluding carboxylic acids is 1. The van der Waals surface area contributed by atoms with E-state index in [2.05, 4.69) is 5.32 Å². The highest BCUT2D eigenvalue weighted by atomic mass is 19.1. The van der Waals surface area contributed by atoms with Gasteiger partial charge in [0.25, 0.3) is 5.91 Å². The number of halogens is 1. The average Bonchev–Trinajstić information content (AvgIpc) is 2.45. The number of para-hydroxylation sites is 1. The second-order valence-electron chi connectivity index (χ2n) is 4.00. The van der Waals surface area contributed by atoms with Crippen LogP contribution in [-0.4, -0.2) is 13.0 Å². The van der Waals surface area contributed by atoms with Crippen LogP contribution in [0.4, 0.5) is 4.39 Å². The molecular formula is C15H14FNO2. The normalized spacial score (nSPS) is 10.0. The molecule has 2 aromatic rings. The van der Waals surface area contributed by atoms with Crippen LogP contribution in [0.15, 0.2) is 48.5 Å². The lowest BCUT2D eigenvalue weighted by Crippen LogP contribution is -2.23. The Bertz CT molecular complexity index is 567. The standard InChI is InChI=1S/C15H14FNO2/c1-19-14-5-3-2-4-12(14)10-17-15(18)11-6-8-13(16)9-7-11/h2-9H,10H2,1H3,(H,17,18). The van der Waals surface area contributed by atoms with Crippen molar-refractivity contribution in [3.8, 4) is 5.75 Å². The molecule has 0 saturated carbocycles. The molecule has 1 N–H and O–H groups in total. The van der Waals surface area contributed by atoms with Gasteiger partial charge >= 0.3 is 0 Å². The lowest BCUT2D eigenvalue weighted by molar-refractivity contribution is 0.0950. The van der Waals surface area contributed by atoms with Crippen molar-refractivity contribution in [2.75, 3.05) is 7.11 Å². The summed E-state index contributed by atoms with van der Waals surface area (Å²) < 4.78 is 17.9. The molecule has 0 aromatic heterocycles. The van der Waals surface area contributed by atoms with Crippen molar-refractivity contribution in [1.82, 2.24) is 5.32 Å². The second-order valence-corrected chi connectivity index (χ2v) is 4.00. The van der Waals surface area contributed by atoms with Crippen LogP contribution >= 0.6 is 0 Å². The summed E-state index contributed by atoms with van der Waals surface area (Å²) in [6.07, 6.45) is 0. The highest BCUT2D eigenvalue weighted by molar-refractivity contribution is 5.94. The van der Waals surface area contributed by atoms with Crippen LogP contribution in [0.1, 0.15) is 15.9 Å². The zero-order valence-corrected chi connectivity index (χ0v) is 10.5. The maximum absolute atomic E-state index is 12.8. The number of carbonyl (C=O) groups is 1. The van der Waals surface area contributed by atoms with Gasteiger partial charge in [-0.3, -0.25) is 4.79 Å². The third kappa shape index (κ3) is 3.31. The summed E-state index contributed by atoms with van der Waals surface area (Å²) in [6.45, 7) is 0.361. The van der Waals surface area contributed by atoms with Gasteiger partial charge in [0.05, 0.1) is 7.11 Å². The van der Waals surface area contributed by atoms with Gasteiger partial charge in [0.1, 0.15) is 11.6 Å². The molecule has 19 heavy (non-hydrogen) atoms. The van der Waals surface area contributed by atoms with E-state index in [9.17, 15) is 9.18 Å². The van der Waals surface area contributed by atoms with E-state index >= 15 is 0 Å². The fourth-order valence-electron chi connectivity index (χ4n) is 1.73. The zero-order chi connectivity index (χ0) is 13.7. The van der Waals surface area contributed by atoms with Crippen LogP contribution in [0.3, 0.4) is 0 Å². The predicted octanol–water partition coefficient (Wildman–Crippen LogP) is 2.76. The second kappa shape index (κ2) is 6.00. The SMILES string of the molecule is COc1ccccc1CNC(=O)c1ccc(F)cc1. The zero-order valence-electron chi connectivity index (χ0n) is 10.5. The summed E-state index contributed by atoms with van der Waals surface area (Å²) in [5.41, 5.74) is 1.32. The molecule has 3 nitrogen and oxygen atoms in total. The molecular weight excluding hydrogens is 245 g/mol. The fraction of sp³-hybridized carbons (Fsp3) is 0.133. The summed E-state index contributed by atoms with van der Waals surface area (Å²) in [5, 5.41) is 2.77. The van der Waals surface area contributed by atoms with E-state index in [1.807, 2.05) is 24.3 Å². The molecule has 0 heterocycles. The molecule has 0 unspecified atom stereocenters. The van der Waals surface area contributed by atoms with E-state index in [-0.39, 0.29) is 11.7 Å². The Labute approximate surface area is 111 Å². The summed E-state index contributed by atoms with van der Waals surface area (Å²) >= 11 is 0. The molecule has 0 aliphatic carbocycles. The summed E-state index contributed by atoms with van der Waals surface area (Å²) in [4.78, 5) is 11.9. The van der Waals surface area contributed by atoms with Crippen LogP contribution in [0.5, 0.6) is 5.75 Å². The minimum Gasteiger partial charge on any atom is -0.496 e. The molecule has 2 aromatic carbocycles. The van der Waals surface area contributed by atoms with Crippen LogP contribution in [0.2, 0.25) is 0 Å². The smallest absolute Gasteiger partial charge is 0.251 e. The summed E-state index contributed by atoms with van der Waals surface area (Å²) in [7, 11) is 1.58. The molecule has 0 bridgehead atoms. The van der Waals surface area contributed by atoms with Crippen LogP contribution in [0.25, 0.3) is 0 Å². The van der Waals surface area contributed by atoms with Gasteiger partial charge < -0.3 is 10.1 Å². The van der Waals surface area contributed by atoms with Crippen molar-refractivity contribution in [2.45, 2.75) is 6.54 Å². The first-order valence-corrected chi connectivity index (χ1v) is 5.86. The lowest BCUT2D eigenvalue weighted by atomic mass is 10.1. The Balaban J connectivity index is 2.02. The number of ether oxygens (including phenoxy) is 1. The first-order chi connectivity index (χ1) is 9.20. The van der Waals surface area contributed by atoms with Gasteiger partial charge in [-0.2, -0.15) is 0 Å². The van der Waals surface area contributed by atoms with Crippen molar-refractivity contribution >= 4 is 5.91 Å². The average molecular weight is 259 g/mol. The van der Waals surface area contributed by atoms with Crippen LogP contribution in [-0.2, 0) is 6.54 Å².